The minimum atomic E-state index is -1.12. The number of nitrogens with one attached hydrogen (secondary N) is 2. The molecule has 3 rings (SSSR count). The molecule has 1 aromatic carbocycles. The monoisotopic (exact) mass is 287 g/mol. The molecule has 1 aromatic heterocycles. The summed E-state index contributed by atoms with van der Waals surface area (Å²) in [4.78, 5) is 24.0. The van der Waals surface area contributed by atoms with E-state index in [9.17, 15) is 14.7 Å². The summed E-state index contributed by atoms with van der Waals surface area (Å²) < 4.78 is 0. The lowest BCUT2D eigenvalue weighted by Gasteiger charge is -2.34. The molecule has 0 radical (unpaired) electrons. The summed E-state index contributed by atoms with van der Waals surface area (Å²) in [5, 5.41) is 19.8. The van der Waals surface area contributed by atoms with Crippen LogP contribution in [-0.2, 0) is 4.79 Å². The predicted octanol–water partition coefficient (Wildman–Crippen LogP) is 2.08. The van der Waals surface area contributed by atoms with Crippen LogP contribution < -0.4 is 5.32 Å². The lowest BCUT2D eigenvalue weighted by molar-refractivity contribution is -0.145. The molecule has 0 bridgehead atoms. The van der Waals surface area contributed by atoms with Gasteiger partial charge in [0.05, 0.1) is 11.7 Å². The van der Waals surface area contributed by atoms with E-state index in [4.69, 9.17) is 0 Å². The Kier molecular flexibility index (Phi) is 3.37. The van der Waals surface area contributed by atoms with Crippen molar-refractivity contribution in [3.63, 3.8) is 0 Å². The maximum atomic E-state index is 12.4. The molecule has 21 heavy (non-hydrogen) atoms. The molecule has 2 aromatic rings. The third-order valence-electron chi connectivity index (χ3n) is 4.17. The molecule has 0 saturated heterocycles. The van der Waals surface area contributed by atoms with Crippen LogP contribution >= 0.6 is 0 Å². The average Bonchev–Trinajstić information content (AvgIpc) is 2.95. The number of aromatic nitrogens is 2. The van der Waals surface area contributed by atoms with E-state index in [2.05, 4.69) is 15.5 Å². The summed E-state index contributed by atoms with van der Waals surface area (Å²) in [5.74, 6) is -1.29. The van der Waals surface area contributed by atoms with Crippen LogP contribution in [0.15, 0.2) is 24.4 Å². The van der Waals surface area contributed by atoms with Gasteiger partial charge in [0.1, 0.15) is 5.54 Å². The van der Waals surface area contributed by atoms with Gasteiger partial charge in [0.15, 0.2) is 0 Å². The number of fused-ring (bicyclic) bond motifs is 1. The summed E-state index contributed by atoms with van der Waals surface area (Å²) in [5.41, 5.74) is 0.174. The van der Waals surface area contributed by atoms with Crippen molar-refractivity contribution in [2.75, 3.05) is 0 Å². The first-order chi connectivity index (χ1) is 10.1. The van der Waals surface area contributed by atoms with Gasteiger partial charge in [-0.05, 0) is 31.0 Å². The van der Waals surface area contributed by atoms with Gasteiger partial charge in [0.2, 0.25) is 0 Å². The van der Waals surface area contributed by atoms with Gasteiger partial charge < -0.3 is 10.4 Å². The third-order valence-corrected chi connectivity index (χ3v) is 4.17. The fraction of sp³-hybridized carbons (Fsp3) is 0.400. The quantitative estimate of drug-likeness (QED) is 0.805. The second-order valence-corrected chi connectivity index (χ2v) is 5.57. The van der Waals surface area contributed by atoms with Crippen LogP contribution in [0.3, 0.4) is 0 Å². The van der Waals surface area contributed by atoms with Gasteiger partial charge in [0, 0.05) is 10.9 Å². The highest BCUT2D eigenvalue weighted by atomic mass is 16.4. The lowest BCUT2D eigenvalue weighted by Crippen LogP contribution is -2.55. The van der Waals surface area contributed by atoms with E-state index < -0.39 is 11.5 Å². The summed E-state index contributed by atoms with van der Waals surface area (Å²) in [6, 6.07) is 5.16. The highest BCUT2D eigenvalue weighted by molar-refractivity contribution is 6.00. The van der Waals surface area contributed by atoms with Gasteiger partial charge >= 0.3 is 5.97 Å². The number of carboxylic acids is 1. The average molecular weight is 287 g/mol. The van der Waals surface area contributed by atoms with Gasteiger partial charge in [-0.2, -0.15) is 5.10 Å². The number of benzene rings is 1. The number of carboxylic acid groups (broad SMARTS) is 1. The van der Waals surface area contributed by atoms with Crippen molar-refractivity contribution < 1.29 is 14.7 Å². The Bertz CT molecular complexity index is 686. The van der Waals surface area contributed by atoms with E-state index in [0.717, 1.165) is 30.2 Å². The van der Waals surface area contributed by atoms with Crippen molar-refractivity contribution in [1.82, 2.24) is 15.5 Å². The van der Waals surface area contributed by atoms with Crippen LogP contribution in [0.5, 0.6) is 0 Å². The Balaban J connectivity index is 1.85. The van der Waals surface area contributed by atoms with Crippen LogP contribution in [0.1, 0.15) is 42.5 Å². The van der Waals surface area contributed by atoms with Gasteiger partial charge in [-0.25, -0.2) is 4.79 Å². The molecule has 1 aliphatic rings. The van der Waals surface area contributed by atoms with Gasteiger partial charge in [-0.3, -0.25) is 9.89 Å². The van der Waals surface area contributed by atoms with Crippen LogP contribution in [0.25, 0.3) is 10.9 Å². The van der Waals surface area contributed by atoms with E-state index in [-0.39, 0.29) is 5.91 Å². The fourth-order valence-corrected chi connectivity index (χ4v) is 2.92. The Labute approximate surface area is 121 Å². The van der Waals surface area contributed by atoms with Crippen molar-refractivity contribution >= 4 is 22.8 Å². The van der Waals surface area contributed by atoms with E-state index >= 15 is 0 Å². The summed E-state index contributed by atoms with van der Waals surface area (Å²) in [6.45, 7) is 0. The number of H-pyrrole nitrogens is 1. The number of hydrogen-bond donors (Lipinski definition) is 3. The molecule has 0 unspecified atom stereocenters. The van der Waals surface area contributed by atoms with Crippen LogP contribution in [-0.4, -0.2) is 32.7 Å². The Hall–Kier alpha value is -2.37. The standard InChI is InChI=1S/C15H17N3O3/c19-13(10-4-5-12-11(8-10)9-16-18-12)17-15(14(20)21)6-2-1-3-7-15/h4-5,8-9H,1-3,6-7H2,(H,16,18)(H,17,19)(H,20,21). The minimum absolute atomic E-state index is 0.345. The zero-order valence-electron chi connectivity index (χ0n) is 11.6. The summed E-state index contributed by atoms with van der Waals surface area (Å²) in [6.07, 6.45) is 5.29. The predicted molar refractivity (Wildman–Crippen MR) is 77.0 cm³/mol. The third kappa shape index (κ3) is 2.49. The van der Waals surface area contributed by atoms with Gasteiger partial charge in [-0.15, -0.1) is 0 Å². The van der Waals surface area contributed by atoms with E-state index in [0.29, 0.717) is 18.4 Å². The maximum absolute atomic E-state index is 12.4. The van der Waals surface area contributed by atoms with E-state index in [1.54, 1.807) is 24.4 Å². The molecule has 1 aliphatic carbocycles. The first-order valence-electron chi connectivity index (χ1n) is 7.10. The summed E-state index contributed by atoms with van der Waals surface area (Å²) >= 11 is 0. The molecular formula is C15H17N3O3. The molecule has 6 nitrogen and oxygen atoms in total. The first kappa shape index (κ1) is 13.6. The molecule has 6 heteroatoms. The molecule has 0 atom stereocenters. The number of carbonyl (C=O) groups excluding carboxylic acids is 1. The van der Waals surface area contributed by atoms with Crippen LogP contribution in [0.4, 0.5) is 0 Å². The number of aromatic amines is 1. The smallest absolute Gasteiger partial charge is 0.329 e. The number of nitrogens with zero attached hydrogens (tertiary/aromatic N) is 1. The highest BCUT2D eigenvalue weighted by Gasteiger charge is 2.41. The van der Waals surface area contributed by atoms with Crippen molar-refractivity contribution in [3.05, 3.63) is 30.0 Å². The van der Waals surface area contributed by atoms with Crippen LogP contribution in [0, 0.1) is 0 Å². The second-order valence-electron chi connectivity index (χ2n) is 5.57. The highest BCUT2D eigenvalue weighted by Crippen LogP contribution is 2.29. The van der Waals surface area contributed by atoms with Crippen molar-refractivity contribution in [3.8, 4) is 0 Å². The zero-order chi connectivity index (χ0) is 14.9. The molecular weight excluding hydrogens is 270 g/mol. The molecule has 1 fully saturated rings. The number of carbonyl (C=O) groups is 2. The SMILES string of the molecule is O=C(NC1(C(=O)O)CCCCC1)c1ccc2[nH]ncc2c1. The largest absolute Gasteiger partial charge is 0.480 e. The molecule has 110 valence electrons. The van der Waals surface area contributed by atoms with Crippen molar-refractivity contribution in [2.24, 2.45) is 0 Å². The topological polar surface area (TPSA) is 95.1 Å². The molecule has 1 amide bonds. The second kappa shape index (κ2) is 5.20. The Morgan fingerprint density at radius 3 is 2.71 bits per heavy atom. The van der Waals surface area contributed by atoms with Crippen molar-refractivity contribution in [1.29, 1.82) is 0 Å². The minimum Gasteiger partial charge on any atom is -0.480 e. The Morgan fingerprint density at radius 2 is 2.00 bits per heavy atom. The normalized spacial score (nSPS) is 17.5. The molecule has 0 spiro atoms. The molecule has 0 aliphatic heterocycles. The molecule has 3 N–H and O–H groups in total. The summed E-state index contributed by atoms with van der Waals surface area (Å²) in [7, 11) is 0. The Morgan fingerprint density at radius 1 is 1.24 bits per heavy atom. The lowest BCUT2D eigenvalue weighted by atomic mass is 9.81. The number of amides is 1. The van der Waals surface area contributed by atoms with Gasteiger partial charge in [-0.1, -0.05) is 19.3 Å². The van der Waals surface area contributed by atoms with Crippen molar-refractivity contribution in [2.45, 2.75) is 37.6 Å². The van der Waals surface area contributed by atoms with E-state index in [1.165, 1.54) is 0 Å². The van der Waals surface area contributed by atoms with Gasteiger partial charge in [0.25, 0.3) is 5.91 Å². The van der Waals surface area contributed by atoms with Crippen LogP contribution in [0.2, 0.25) is 0 Å². The number of rotatable bonds is 3. The maximum Gasteiger partial charge on any atom is 0.329 e. The number of aliphatic carboxylic acids is 1. The first-order valence-corrected chi connectivity index (χ1v) is 7.10. The molecule has 1 heterocycles. The van der Waals surface area contributed by atoms with E-state index in [1.807, 2.05) is 0 Å². The zero-order valence-corrected chi connectivity index (χ0v) is 11.6. The molecule has 1 saturated carbocycles. The number of hydrogen-bond acceptors (Lipinski definition) is 3. The fourth-order valence-electron chi connectivity index (χ4n) is 2.92.